The molecule has 1 N–H and O–H groups in total. The predicted molar refractivity (Wildman–Crippen MR) is 102 cm³/mol. The molecule has 10 nitrogen and oxygen atoms in total. The van der Waals surface area contributed by atoms with Gasteiger partial charge in [0.1, 0.15) is 12.1 Å². The third kappa shape index (κ3) is 8.34. The van der Waals surface area contributed by atoms with Crippen LogP contribution in [0, 0.1) is 0 Å². The summed E-state index contributed by atoms with van der Waals surface area (Å²) in [7, 11) is 1.39. The predicted octanol–water partition coefficient (Wildman–Crippen LogP) is 1.47. The lowest BCUT2D eigenvalue weighted by atomic mass is 10.2. The molecule has 10 heteroatoms. The Morgan fingerprint density at radius 1 is 1.24 bits per heavy atom. The first-order valence-corrected chi connectivity index (χ1v) is 9.18. The number of carbonyl (C=O) groups excluding carboxylic acids is 3. The van der Waals surface area contributed by atoms with Gasteiger partial charge in [-0.05, 0) is 20.3 Å². The molecule has 1 aromatic heterocycles. The topological polar surface area (TPSA) is 122 Å². The van der Waals surface area contributed by atoms with Crippen LogP contribution in [-0.4, -0.2) is 62.1 Å². The van der Waals surface area contributed by atoms with Crippen LogP contribution in [0.1, 0.15) is 44.6 Å². The van der Waals surface area contributed by atoms with Crippen molar-refractivity contribution in [2.24, 2.45) is 0 Å². The normalized spacial score (nSPS) is 12.4. The number of aromatic nitrogens is 1. The molecule has 0 unspecified atom stereocenters. The molecule has 0 aliphatic carbocycles. The summed E-state index contributed by atoms with van der Waals surface area (Å²) >= 11 is 0. The summed E-state index contributed by atoms with van der Waals surface area (Å²) < 4.78 is 25.8. The van der Waals surface area contributed by atoms with E-state index in [1.807, 2.05) is 6.92 Å². The summed E-state index contributed by atoms with van der Waals surface area (Å²) in [6.45, 7) is 6.80. The third-order valence-electron chi connectivity index (χ3n) is 3.49. The van der Waals surface area contributed by atoms with Gasteiger partial charge >= 0.3 is 11.9 Å². The van der Waals surface area contributed by atoms with Crippen molar-refractivity contribution in [1.82, 2.24) is 10.3 Å². The molecule has 162 valence electrons. The zero-order valence-corrected chi connectivity index (χ0v) is 17.4. The molecule has 29 heavy (non-hydrogen) atoms. The summed E-state index contributed by atoms with van der Waals surface area (Å²) in [4.78, 5) is 39.7. The monoisotopic (exact) mass is 412 g/mol. The van der Waals surface area contributed by atoms with E-state index >= 15 is 0 Å². The smallest absolute Gasteiger partial charge is 0.328 e. The zero-order valence-electron chi connectivity index (χ0n) is 17.4. The van der Waals surface area contributed by atoms with E-state index in [-0.39, 0.29) is 23.8 Å². The van der Waals surface area contributed by atoms with Gasteiger partial charge in [-0.3, -0.25) is 9.59 Å². The molecule has 1 aromatic rings. The molecule has 0 fully saturated rings. The fraction of sp³-hybridized carbons (Fsp3) is 0.579. The van der Waals surface area contributed by atoms with E-state index in [1.54, 1.807) is 6.92 Å². The maximum absolute atomic E-state index is 12.6. The number of carbonyl (C=O) groups is 3. The van der Waals surface area contributed by atoms with Crippen molar-refractivity contribution < 1.29 is 38.1 Å². The first-order chi connectivity index (χ1) is 13.8. The zero-order chi connectivity index (χ0) is 21.8. The molecule has 0 aromatic carbocycles. The van der Waals surface area contributed by atoms with Crippen LogP contribution in [0.2, 0.25) is 0 Å². The van der Waals surface area contributed by atoms with Crippen molar-refractivity contribution in [3.05, 3.63) is 18.0 Å². The van der Waals surface area contributed by atoms with Crippen LogP contribution in [0.15, 0.2) is 12.3 Å². The number of methoxy groups -OCH3 is 1. The second kappa shape index (κ2) is 12.6. The highest BCUT2D eigenvalue weighted by atomic mass is 16.7. The molecule has 1 amide bonds. The SMILES string of the molecule is CCCOC[C@H](C)OC(=O)[C@H](C)NC(=O)c1nccc(OC)c1OCOC(C)=O. The van der Waals surface area contributed by atoms with Crippen molar-refractivity contribution >= 4 is 17.8 Å². The highest BCUT2D eigenvalue weighted by Gasteiger charge is 2.24. The largest absolute Gasteiger partial charge is 0.493 e. The lowest BCUT2D eigenvalue weighted by Gasteiger charge is -2.18. The Balaban J connectivity index is 2.76. The molecule has 0 aliphatic rings. The van der Waals surface area contributed by atoms with Crippen LogP contribution < -0.4 is 14.8 Å². The third-order valence-corrected chi connectivity index (χ3v) is 3.49. The van der Waals surface area contributed by atoms with Gasteiger partial charge in [0, 0.05) is 25.8 Å². The van der Waals surface area contributed by atoms with E-state index in [0.717, 1.165) is 6.42 Å². The molecular weight excluding hydrogens is 384 g/mol. The Bertz CT molecular complexity index is 695. The molecule has 0 saturated carbocycles. The fourth-order valence-corrected chi connectivity index (χ4v) is 2.12. The number of hydrogen-bond donors (Lipinski definition) is 1. The number of hydrogen-bond acceptors (Lipinski definition) is 9. The standard InChI is InChI=1S/C19H28N2O8/c1-6-9-26-10-12(2)29-19(24)13(3)21-18(23)16-17(28-11-27-14(4)22)15(25-5)7-8-20-16/h7-8,12-13H,6,9-11H2,1-5H3,(H,21,23)/t12-,13-/m0/s1. The highest BCUT2D eigenvalue weighted by molar-refractivity contribution is 5.98. The van der Waals surface area contributed by atoms with E-state index < -0.39 is 36.8 Å². The Hall–Kier alpha value is -2.88. The average Bonchev–Trinajstić information content (AvgIpc) is 2.67. The van der Waals surface area contributed by atoms with E-state index in [9.17, 15) is 14.4 Å². The van der Waals surface area contributed by atoms with Gasteiger partial charge in [-0.2, -0.15) is 0 Å². The van der Waals surface area contributed by atoms with E-state index in [2.05, 4.69) is 10.3 Å². The fourth-order valence-electron chi connectivity index (χ4n) is 2.12. The van der Waals surface area contributed by atoms with Gasteiger partial charge in [0.25, 0.3) is 5.91 Å². The van der Waals surface area contributed by atoms with Gasteiger partial charge in [0.15, 0.2) is 17.2 Å². The summed E-state index contributed by atoms with van der Waals surface area (Å²) in [5, 5.41) is 2.50. The van der Waals surface area contributed by atoms with Crippen molar-refractivity contribution in [1.29, 1.82) is 0 Å². The van der Waals surface area contributed by atoms with E-state index in [0.29, 0.717) is 6.61 Å². The molecule has 0 radical (unpaired) electrons. The van der Waals surface area contributed by atoms with Gasteiger partial charge < -0.3 is 29.0 Å². The second-order valence-electron chi connectivity index (χ2n) is 6.11. The van der Waals surface area contributed by atoms with Crippen LogP contribution in [-0.2, 0) is 23.8 Å². The first-order valence-electron chi connectivity index (χ1n) is 9.18. The summed E-state index contributed by atoms with van der Waals surface area (Å²) in [6.07, 6.45) is 1.76. The number of nitrogens with zero attached hydrogens (tertiary/aromatic N) is 1. The summed E-state index contributed by atoms with van der Waals surface area (Å²) in [5.41, 5.74) is -0.129. The number of amides is 1. The highest BCUT2D eigenvalue weighted by Crippen LogP contribution is 2.29. The van der Waals surface area contributed by atoms with Crippen molar-refractivity contribution in [3.8, 4) is 11.5 Å². The molecule has 1 heterocycles. The van der Waals surface area contributed by atoms with Crippen molar-refractivity contribution in [3.63, 3.8) is 0 Å². The maximum atomic E-state index is 12.6. The minimum atomic E-state index is -0.939. The minimum absolute atomic E-state index is 0.0179. The molecule has 0 aliphatic heterocycles. The lowest BCUT2D eigenvalue weighted by Crippen LogP contribution is -2.41. The summed E-state index contributed by atoms with van der Waals surface area (Å²) in [5.74, 6) is -1.64. The number of ether oxygens (including phenoxy) is 5. The maximum Gasteiger partial charge on any atom is 0.328 e. The average molecular weight is 412 g/mol. The van der Waals surface area contributed by atoms with Gasteiger partial charge in [-0.25, -0.2) is 9.78 Å². The molecule has 0 saturated heterocycles. The van der Waals surface area contributed by atoms with Crippen LogP contribution in [0.5, 0.6) is 11.5 Å². The Kier molecular flexibility index (Phi) is 10.5. The molecule has 0 bridgehead atoms. The quantitative estimate of drug-likeness (QED) is 0.309. The lowest BCUT2D eigenvalue weighted by molar-refractivity contribution is -0.153. The molecule has 1 rings (SSSR count). The van der Waals surface area contributed by atoms with Gasteiger partial charge in [0.05, 0.1) is 13.7 Å². The number of rotatable bonds is 12. The first kappa shape index (κ1) is 24.2. The van der Waals surface area contributed by atoms with E-state index in [1.165, 1.54) is 33.2 Å². The minimum Gasteiger partial charge on any atom is -0.493 e. The Morgan fingerprint density at radius 2 is 1.97 bits per heavy atom. The van der Waals surface area contributed by atoms with Crippen LogP contribution in [0.4, 0.5) is 0 Å². The van der Waals surface area contributed by atoms with Crippen molar-refractivity contribution in [2.45, 2.75) is 46.3 Å². The van der Waals surface area contributed by atoms with Crippen LogP contribution >= 0.6 is 0 Å². The molecular formula is C19H28N2O8. The van der Waals surface area contributed by atoms with Crippen LogP contribution in [0.25, 0.3) is 0 Å². The Labute approximate surface area is 169 Å². The van der Waals surface area contributed by atoms with Gasteiger partial charge in [-0.1, -0.05) is 6.92 Å². The summed E-state index contributed by atoms with van der Waals surface area (Å²) in [6, 6.07) is 0.542. The number of esters is 2. The van der Waals surface area contributed by atoms with Crippen molar-refractivity contribution in [2.75, 3.05) is 27.1 Å². The van der Waals surface area contributed by atoms with Gasteiger partial charge in [0.2, 0.25) is 6.79 Å². The van der Waals surface area contributed by atoms with Gasteiger partial charge in [-0.15, -0.1) is 0 Å². The molecule has 0 spiro atoms. The van der Waals surface area contributed by atoms with Crippen LogP contribution in [0.3, 0.4) is 0 Å². The molecule has 2 atom stereocenters. The Morgan fingerprint density at radius 3 is 2.59 bits per heavy atom. The number of nitrogens with one attached hydrogen (secondary N) is 1. The van der Waals surface area contributed by atoms with E-state index in [4.69, 9.17) is 23.7 Å². The number of pyridine rings is 1. The second-order valence-corrected chi connectivity index (χ2v) is 6.11.